The first-order valence-corrected chi connectivity index (χ1v) is 11.3. The summed E-state index contributed by atoms with van der Waals surface area (Å²) in [6.07, 6.45) is 5.30. The van der Waals surface area contributed by atoms with Crippen LogP contribution in [-0.4, -0.2) is 29.3 Å². The van der Waals surface area contributed by atoms with Gasteiger partial charge in [-0.15, -0.1) is 0 Å². The van der Waals surface area contributed by atoms with Crippen molar-refractivity contribution in [2.45, 2.75) is 18.9 Å². The smallest absolute Gasteiger partial charge is 0.161 e. The first-order valence-electron chi connectivity index (χ1n) is 11.3. The number of benzene rings is 2. The van der Waals surface area contributed by atoms with Crippen LogP contribution in [0, 0.1) is 11.3 Å². The van der Waals surface area contributed by atoms with Gasteiger partial charge in [0, 0.05) is 47.8 Å². The van der Waals surface area contributed by atoms with E-state index in [2.05, 4.69) is 22.1 Å². The first-order chi connectivity index (χ1) is 16.8. The summed E-state index contributed by atoms with van der Waals surface area (Å²) in [4.78, 5) is 9.05. The molecule has 34 heavy (non-hydrogen) atoms. The molecule has 0 bridgehead atoms. The van der Waals surface area contributed by atoms with Crippen LogP contribution in [0.2, 0.25) is 0 Å². The van der Waals surface area contributed by atoms with Crippen LogP contribution < -0.4 is 4.74 Å². The second-order valence-corrected chi connectivity index (χ2v) is 8.35. The Kier molecular flexibility index (Phi) is 5.17. The number of pyridine rings is 2. The molecule has 5 aromatic rings. The number of hydrogen-bond donors (Lipinski definition) is 0. The number of fused-ring (bicyclic) bond motifs is 2. The summed E-state index contributed by atoms with van der Waals surface area (Å²) in [5.41, 5.74) is 5.50. The molecule has 1 aliphatic heterocycles. The summed E-state index contributed by atoms with van der Waals surface area (Å²) in [6, 6.07) is 21.8. The SMILES string of the molecule is N#Cc1cc(-c2ccnc3cc(-c4cnc5ccccc5c4)oc23)ccc1OC1CCOCC1. The number of nitriles is 1. The summed E-state index contributed by atoms with van der Waals surface area (Å²) in [5.74, 6) is 1.30. The normalized spacial score (nSPS) is 14.3. The summed E-state index contributed by atoms with van der Waals surface area (Å²) >= 11 is 0. The van der Waals surface area contributed by atoms with Gasteiger partial charge >= 0.3 is 0 Å². The zero-order chi connectivity index (χ0) is 22.9. The van der Waals surface area contributed by atoms with E-state index in [-0.39, 0.29) is 6.10 Å². The number of aromatic nitrogens is 2. The van der Waals surface area contributed by atoms with Crippen molar-refractivity contribution >= 4 is 22.0 Å². The molecule has 4 heterocycles. The highest BCUT2D eigenvalue weighted by Crippen LogP contribution is 2.36. The molecule has 1 fully saturated rings. The van der Waals surface area contributed by atoms with Gasteiger partial charge in [0.2, 0.25) is 0 Å². The van der Waals surface area contributed by atoms with Gasteiger partial charge in [0.05, 0.1) is 24.3 Å². The highest BCUT2D eigenvalue weighted by atomic mass is 16.5. The van der Waals surface area contributed by atoms with Gasteiger partial charge in [-0.2, -0.15) is 5.26 Å². The Morgan fingerprint density at radius 3 is 2.68 bits per heavy atom. The van der Waals surface area contributed by atoms with Gasteiger partial charge in [-0.1, -0.05) is 24.3 Å². The molecule has 2 aromatic carbocycles. The van der Waals surface area contributed by atoms with Crippen LogP contribution in [0.5, 0.6) is 5.75 Å². The van der Waals surface area contributed by atoms with Crippen LogP contribution in [0.4, 0.5) is 0 Å². The van der Waals surface area contributed by atoms with Gasteiger partial charge in [0.1, 0.15) is 29.2 Å². The lowest BCUT2D eigenvalue weighted by Gasteiger charge is -2.23. The quantitative estimate of drug-likeness (QED) is 0.329. The monoisotopic (exact) mass is 447 g/mol. The number of nitrogens with zero attached hydrogens (tertiary/aromatic N) is 3. The Morgan fingerprint density at radius 2 is 1.79 bits per heavy atom. The number of rotatable bonds is 4. The fraction of sp³-hybridized carbons (Fsp3) is 0.179. The lowest BCUT2D eigenvalue weighted by Crippen LogP contribution is -2.26. The van der Waals surface area contributed by atoms with Gasteiger partial charge in [0.15, 0.2) is 5.58 Å². The molecule has 0 N–H and O–H groups in total. The third-order valence-corrected chi connectivity index (χ3v) is 6.16. The van der Waals surface area contributed by atoms with E-state index in [4.69, 9.17) is 13.9 Å². The van der Waals surface area contributed by atoms with E-state index in [1.807, 2.05) is 60.8 Å². The Balaban J connectivity index is 1.37. The van der Waals surface area contributed by atoms with Crippen LogP contribution in [-0.2, 0) is 4.74 Å². The highest BCUT2D eigenvalue weighted by Gasteiger charge is 2.19. The lowest BCUT2D eigenvalue weighted by atomic mass is 10.0. The van der Waals surface area contributed by atoms with Gasteiger partial charge in [-0.25, -0.2) is 0 Å². The molecule has 0 saturated carbocycles. The van der Waals surface area contributed by atoms with Crippen molar-refractivity contribution in [1.82, 2.24) is 9.97 Å². The van der Waals surface area contributed by atoms with Gasteiger partial charge in [0.25, 0.3) is 0 Å². The molecule has 1 saturated heterocycles. The Morgan fingerprint density at radius 1 is 0.912 bits per heavy atom. The summed E-state index contributed by atoms with van der Waals surface area (Å²) in [6.45, 7) is 1.38. The summed E-state index contributed by atoms with van der Waals surface area (Å²) < 4.78 is 17.8. The Labute approximate surface area is 196 Å². The second kappa shape index (κ2) is 8.62. The van der Waals surface area contributed by atoms with Crippen LogP contribution in [0.1, 0.15) is 18.4 Å². The molecule has 3 aromatic heterocycles. The standard InChI is InChI=1S/C28H21N3O3/c29-16-20-13-18(5-6-26(20)33-22-8-11-32-12-9-22)23-7-10-30-25-15-27(34-28(23)25)21-14-19-3-1-2-4-24(19)31-17-21/h1-7,10,13-15,17,22H,8-9,11-12H2. The summed E-state index contributed by atoms with van der Waals surface area (Å²) in [5, 5.41) is 10.8. The van der Waals surface area contributed by atoms with Crippen LogP contribution in [0.3, 0.4) is 0 Å². The minimum atomic E-state index is 0.0718. The maximum absolute atomic E-state index is 9.77. The van der Waals surface area contributed by atoms with E-state index < -0.39 is 0 Å². The fourth-order valence-electron chi connectivity index (χ4n) is 4.37. The molecule has 0 atom stereocenters. The van der Waals surface area contributed by atoms with Crippen LogP contribution >= 0.6 is 0 Å². The molecule has 6 nitrogen and oxygen atoms in total. The molecule has 0 unspecified atom stereocenters. The highest BCUT2D eigenvalue weighted by molar-refractivity contribution is 5.93. The number of para-hydroxylation sites is 1. The molecule has 0 spiro atoms. The van der Waals surface area contributed by atoms with Crippen LogP contribution in [0.25, 0.3) is 44.5 Å². The first kappa shape index (κ1) is 20.4. The third kappa shape index (κ3) is 3.76. The van der Waals surface area contributed by atoms with Crippen molar-refractivity contribution in [1.29, 1.82) is 5.26 Å². The van der Waals surface area contributed by atoms with Crippen molar-refractivity contribution in [2.24, 2.45) is 0 Å². The predicted octanol–water partition coefficient (Wildman–Crippen LogP) is 6.14. The Bertz CT molecular complexity index is 1540. The molecule has 1 aliphatic rings. The average Bonchev–Trinajstić information content (AvgIpc) is 3.34. The molecular formula is C28H21N3O3. The van der Waals surface area contributed by atoms with Crippen LogP contribution in [0.15, 0.2) is 77.5 Å². The molecular weight excluding hydrogens is 426 g/mol. The van der Waals surface area contributed by atoms with Gasteiger partial charge in [-0.05, 0) is 35.9 Å². The molecule has 0 radical (unpaired) electrons. The largest absolute Gasteiger partial charge is 0.489 e. The van der Waals surface area contributed by atoms with E-state index in [1.165, 1.54) is 0 Å². The van der Waals surface area contributed by atoms with Crippen molar-refractivity contribution in [2.75, 3.05) is 13.2 Å². The second-order valence-electron chi connectivity index (χ2n) is 8.35. The zero-order valence-corrected chi connectivity index (χ0v) is 18.4. The van der Waals surface area contributed by atoms with Crippen molar-refractivity contribution in [3.05, 3.63) is 78.6 Å². The number of furan rings is 1. The van der Waals surface area contributed by atoms with Crippen molar-refractivity contribution in [3.63, 3.8) is 0 Å². The lowest BCUT2D eigenvalue weighted by molar-refractivity contribution is 0.0254. The number of ether oxygens (including phenoxy) is 2. The zero-order valence-electron chi connectivity index (χ0n) is 18.4. The maximum Gasteiger partial charge on any atom is 0.161 e. The number of hydrogen-bond acceptors (Lipinski definition) is 6. The van der Waals surface area contributed by atoms with Gasteiger partial charge < -0.3 is 13.9 Å². The van der Waals surface area contributed by atoms with E-state index in [0.29, 0.717) is 35.9 Å². The average molecular weight is 447 g/mol. The third-order valence-electron chi connectivity index (χ3n) is 6.16. The van der Waals surface area contributed by atoms with E-state index >= 15 is 0 Å². The topological polar surface area (TPSA) is 81.2 Å². The van der Waals surface area contributed by atoms with E-state index in [0.717, 1.165) is 46.0 Å². The summed E-state index contributed by atoms with van der Waals surface area (Å²) in [7, 11) is 0. The maximum atomic E-state index is 9.77. The molecule has 0 amide bonds. The van der Waals surface area contributed by atoms with Crippen molar-refractivity contribution in [3.8, 4) is 34.3 Å². The van der Waals surface area contributed by atoms with Crippen molar-refractivity contribution < 1.29 is 13.9 Å². The minimum absolute atomic E-state index is 0.0718. The van der Waals surface area contributed by atoms with E-state index in [1.54, 1.807) is 6.20 Å². The predicted molar refractivity (Wildman–Crippen MR) is 129 cm³/mol. The molecule has 6 rings (SSSR count). The molecule has 166 valence electrons. The minimum Gasteiger partial charge on any atom is -0.489 e. The van der Waals surface area contributed by atoms with E-state index in [9.17, 15) is 5.26 Å². The fourth-order valence-corrected chi connectivity index (χ4v) is 4.37. The molecule has 6 heteroatoms. The Hall–Kier alpha value is -4.21. The molecule has 0 aliphatic carbocycles. The van der Waals surface area contributed by atoms with Gasteiger partial charge in [-0.3, -0.25) is 9.97 Å².